The van der Waals surface area contributed by atoms with E-state index in [4.69, 9.17) is 10.5 Å². The fraction of sp³-hybridized carbons (Fsp3) is 0.0769. The van der Waals surface area contributed by atoms with Crippen LogP contribution in [0.3, 0.4) is 0 Å². The number of nitrogens with two attached hydrogens (primary N) is 1. The lowest BCUT2D eigenvalue weighted by Gasteiger charge is -2.09. The monoisotopic (exact) mass is 318 g/mol. The van der Waals surface area contributed by atoms with E-state index in [9.17, 15) is 0 Å². The first-order valence-corrected chi connectivity index (χ1v) is 6.46. The maximum Gasteiger partial charge on any atom is 0.265 e. The van der Waals surface area contributed by atoms with Crippen LogP contribution in [0, 0.1) is 6.92 Å². The summed E-state index contributed by atoms with van der Waals surface area (Å²) in [4.78, 5) is 8.41. The molecule has 2 aromatic heterocycles. The summed E-state index contributed by atoms with van der Waals surface area (Å²) in [6.07, 6.45) is 5.18. The molecule has 0 amide bonds. The van der Waals surface area contributed by atoms with Crippen LogP contribution in [-0.4, -0.2) is 14.4 Å². The van der Waals surface area contributed by atoms with E-state index in [1.54, 1.807) is 23.0 Å². The van der Waals surface area contributed by atoms with Crippen molar-refractivity contribution < 1.29 is 4.74 Å². The molecule has 0 radical (unpaired) electrons. The molecule has 0 spiro atoms. The molecule has 0 bridgehead atoms. The lowest BCUT2D eigenvalue weighted by molar-refractivity contribution is 0.462. The molecule has 0 atom stereocenters. The van der Waals surface area contributed by atoms with Crippen molar-refractivity contribution in [1.29, 1.82) is 0 Å². The van der Waals surface area contributed by atoms with Gasteiger partial charge in [-0.2, -0.15) is 4.98 Å². The molecule has 0 saturated carbocycles. The first-order chi connectivity index (χ1) is 9.13. The van der Waals surface area contributed by atoms with Gasteiger partial charge in [0.15, 0.2) is 0 Å². The maximum absolute atomic E-state index is 5.82. The zero-order valence-electron chi connectivity index (χ0n) is 10.2. The highest BCUT2D eigenvalue weighted by Gasteiger charge is 2.10. The summed E-state index contributed by atoms with van der Waals surface area (Å²) in [5.74, 6) is 1.51. The Hall–Kier alpha value is -2.08. The minimum absolute atomic E-state index is 0.385. The van der Waals surface area contributed by atoms with Gasteiger partial charge in [-0.15, -0.1) is 0 Å². The fourth-order valence-electron chi connectivity index (χ4n) is 1.82. The molecule has 96 valence electrons. The number of rotatable bonds is 2. The molecule has 2 N–H and O–H groups in total. The second-order valence-electron chi connectivity index (χ2n) is 4.14. The number of imidazole rings is 1. The second kappa shape index (κ2) is 4.55. The molecule has 6 heteroatoms. The molecule has 3 aromatic rings. The lowest BCUT2D eigenvalue weighted by atomic mass is 10.2. The van der Waals surface area contributed by atoms with E-state index in [-0.39, 0.29) is 0 Å². The first-order valence-electron chi connectivity index (χ1n) is 5.66. The summed E-state index contributed by atoms with van der Waals surface area (Å²) in [6.45, 7) is 1.97. The third-order valence-electron chi connectivity index (χ3n) is 2.71. The van der Waals surface area contributed by atoms with Gasteiger partial charge in [0.05, 0.1) is 6.20 Å². The van der Waals surface area contributed by atoms with E-state index in [2.05, 4.69) is 25.9 Å². The number of fused-ring (bicyclic) bond motifs is 1. The molecule has 5 nitrogen and oxygen atoms in total. The Morgan fingerprint density at radius 1 is 1.37 bits per heavy atom. The molecule has 19 heavy (non-hydrogen) atoms. The standard InChI is InChI=1S/C13H11BrN4O/c1-8-6-9(14)2-3-10(8)19-13-12-16-4-5-18(12)7-11(15)17-13/h2-7H,15H2,1H3. The van der Waals surface area contributed by atoms with E-state index in [1.165, 1.54) is 0 Å². The van der Waals surface area contributed by atoms with Gasteiger partial charge in [0, 0.05) is 16.9 Å². The van der Waals surface area contributed by atoms with Crippen LogP contribution in [-0.2, 0) is 0 Å². The largest absolute Gasteiger partial charge is 0.436 e. The quantitative estimate of drug-likeness (QED) is 0.788. The van der Waals surface area contributed by atoms with Crippen LogP contribution < -0.4 is 10.5 Å². The van der Waals surface area contributed by atoms with Crippen LogP contribution in [0.4, 0.5) is 5.82 Å². The van der Waals surface area contributed by atoms with E-state index in [0.29, 0.717) is 17.3 Å². The molecule has 0 aliphatic rings. The molecular formula is C13H11BrN4O. The number of nitrogens with zero attached hydrogens (tertiary/aromatic N) is 3. The number of ether oxygens (including phenoxy) is 1. The Kier molecular flexibility index (Phi) is 2.87. The number of halogens is 1. The van der Waals surface area contributed by atoms with Crippen LogP contribution in [0.5, 0.6) is 11.6 Å². The molecule has 0 aliphatic carbocycles. The molecule has 1 aromatic carbocycles. The third-order valence-corrected chi connectivity index (χ3v) is 3.20. The highest BCUT2D eigenvalue weighted by molar-refractivity contribution is 9.10. The number of benzene rings is 1. The Morgan fingerprint density at radius 2 is 2.21 bits per heavy atom. The van der Waals surface area contributed by atoms with Gasteiger partial charge >= 0.3 is 0 Å². The summed E-state index contributed by atoms with van der Waals surface area (Å²) in [6, 6.07) is 5.77. The molecular weight excluding hydrogens is 308 g/mol. The molecule has 0 saturated heterocycles. The second-order valence-corrected chi connectivity index (χ2v) is 5.06. The molecule has 2 heterocycles. The Balaban J connectivity index is 2.07. The van der Waals surface area contributed by atoms with Gasteiger partial charge < -0.3 is 10.5 Å². The average molecular weight is 319 g/mol. The van der Waals surface area contributed by atoms with Crippen molar-refractivity contribution in [1.82, 2.24) is 14.4 Å². The van der Waals surface area contributed by atoms with Crippen LogP contribution in [0.25, 0.3) is 5.65 Å². The van der Waals surface area contributed by atoms with Crippen molar-refractivity contribution in [2.45, 2.75) is 6.92 Å². The van der Waals surface area contributed by atoms with Gasteiger partial charge in [0.1, 0.15) is 11.6 Å². The zero-order chi connectivity index (χ0) is 13.4. The number of aryl methyl sites for hydroxylation is 1. The van der Waals surface area contributed by atoms with Crippen LogP contribution in [0.15, 0.2) is 41.3 Å². The summed E-state index contributed by atoms with van der Waals surface area (Å²) in [5, 5.41) is 0. The minimum atomic E-state index is 0.385. The smallest absolute Gasteiger partial charge is 0.265 e. The maximum atomic E-state index is 5.82. The van der Waals surface area contributed by atoms with Gasteiger partial charge in [-0.3, -0.25) is 4.40 Å². The van der Waals surface area contributed by atoms with Crippen LogP contribution in [0.2, 0.25) is 0 Å². The van der Waals surface area contributed by atoms with Crippen molar-refractivity contribution in [2.75, 3.05) is 5.73 Å². The lowest BCUT2D eigenvalue weighted by Crippen LogP contribution is -1.99. The number of hydrogen-bond donors (Lipinski definition) is 1. The molecule has 0 unspecified atom stereocenters. The van der Waals surface area contributed by atoms with Gasteiger partial charge in [-0.05, 0) is 30.7 Å². The van der Waals surface area contributed by atoms with Crippen molar-refractivity contribution in [3.05, 3.63) is 46.8 Å². The van der Waals surface area contributed by atoms with Crippen molar-refractivity contribution in [2.24, 2.45) is 0 Å². The van der Waals surface area contributed by atoms with Crippen molar-refractivity contribution in [3.8, 4) is 11.6 Å². The molecule has 3 rings (SSSR count). The predicted molar refractivity (Wildman–Crippen MR) is 76.4 cm³/mol. The predicted octanol–water partition coefficient (Wildman–Crippen LogP) is 3.17. The average Bonchev–Trinajstić information content (AvgIpc) is 2.80. The topological polar surface area (TPSA) is 65.4 Å². The fourth-order valence-corrected chi connectivity index (χ4v) is 2.30. The van der Waals surface area contributed by atoms with Crippen LogP contribution >= 0.6 is 15.9 Å². The number of aromatic nitrogens is 3. The Morgan fingerprint density at radius 3 is 3.00 bits per heavy atom. The summed E-state index contributed by atoms with van der Waals surface area (Å²) in [5.41, 5.74) is 7.39. The summed E-state index contributed by atoms with van der Waals surface area (Å²) >= 11 is 3.42. The number of hydrogen-bond acceptors (Lipinski definition) is 4. The summed E-state index contributed by atoms with van der Waals surface area (Å²) < 4.78 is 8.61. The Labute approximate surface area is 118 Å². The highest BCUT2D eigenvalue weighted by Crippen LogP contribution is 2.28. The normalized spacial score (nSPS) is 10.8. The third kappa shape index (κ3) is 2.26. The van der Waals surface area contributed by atoms with Crippen molar-refractivity contribution >= 4 is 27.4 Å². The van der Waals surface area contributed by atoms with E-state index >= 15 is 0 Å². The van der Waals surface area contributed by atoms with E-state index in [0.717, 1.165) is 15.8 Å². The number of anilines is 1. The highest BCUT2D eigenvalue weighted by atomic mass is 79.9. The summed E-state index contributed by atoms with van der Waals surface area (Å²) in [7, 11) is 0. The number of nitrogen functional groups attached to an aromatic ring is 1. The van der Waals surface area contributed by atoms with Gasteiger partial charge in [-0.1, -0.05) is 15.9 Å². The van der Waals surface area contributed by atoms with Crippen LogP contribution in [0.1, 0.15) is 5.56 Å². The van der Waals surface area contributed by atoms with E-state index in [1.807, 2.05) is 25.1 Å². The Bertz CT molecular complexity index is 753. The first kappa shape index (κ1) is 12.0. The zero-order valence-corrected chi connectivity index (χ0v) is 11.8. The van der Waals surface area contributed by atoms with Gasteiger partial charge in [0.25, 0.3) is 5.88 Å². The van der Waals surface area contributed by atoms with E-state index < -0.39 is 0 Å². The van der Waals surface area contributed by atoms with Gasteiger partial charge in [-0.25, -0.2) is 4.98 Å². The van der Waals surface area contributed by atoms with Gasteiger partial charge in [0.2, 0.25) is 5.65 Å². The SMILES string of the molecule is Cc1cc(Br)ccc1Oc1nc(N)cn2ccnc12. The van der Waals surface area contributed by atoms with Crippen molar-refractivity contribution in [3.63, 3.8) is 0 Å². The minimum Gasteiger partial charge on any atom is -0.436 e. The molecule has 0 aliphatic heterocycles. The molecule has 0 fully saturated rings.